The van der Waals surface area contributed by atoms with E-state index in [4.69, 9.17) is 4.74 Å². The molecule has 0 N–H and O–H groups in total. The number of likely N-dealkylation sites (tertiary alicyclic amines) is 1. The van der Waals surface area contributed by atoms with Gasteiger partial charge in [0, 0.05) is 24.7 Å². The summed E-state index contributed by atoms with van der Waals surface area (Å²) in [5, 5.41) is 0. The molecule has 0 aromatic rings. The molecule has 0 aromatic carbocycles. The van der Waals surface area contributed by atoms with E-state index < -0.39 is 0 Å². The third-order valence-corrected chi connectivity index (χ3v) is 4.91. The van der Waals surface area contributed by atoms with Gasteiger partial charge in [0.2, 0.25) is 0 Å². The third-order valence-electron chi connectivity index (χ3n) is 4.91. The summed E-state index contributed by atoms with van der Waals surface area (Å²) in [6.45, 7) is 9.26. The van der Waals surface area contributed by atoms with Crippen LogP contribution in [0.4, 0.5) is 0 Å². The van der Waals surface area contributed by atoms with Crippen molar-refractivity contribution in [1.29, 1.82) is 0 Å². The van der Waals surface area contributed by atoms with Crippen LogP contribution in [0, 0.1) is 5.92 Å². The molecule has 0 amide bonds. The predicted octanol–water partition coefficient (Wildman–Crippen LogP) is 3.33. The molecule has 3 aliphatic heterocycles. The number of piperidine rings is 1. The maximum atomic E-state index is 6.42. The van der Waals surface area contributed by atoms with Crippen molar-refractivity contribution in [3.05, 3.63) is 11.8 Å². The van der Waals surface area contributed by atoms with Crippen LogP contribution in [0.15, 0.2) is 11.8 Å². The van der Waals surface area contributed by atoms with Crippen molar-refractivity contribution < 1.29 is 4.74 Å². The van der Waals surface area contributed by atoms with Crippen LogP contribution in [0.5, 0.6) is 0 Å². The molecule has 1 aliphatic carbocycles. The number of hydrogen-bond acceptors (Lipinski definition) is 2. The van der Waals surface area contributed by atoms with Gasteiger partial charge < -0.3 is 9.64 Å². The maximum Gasteiger partial charge on any atom is 0.105 e. The van der Waals surface area contributed by atoms with Gasteiger partial charge >= 0.3 is 0 Å². The first-order valence-electron chi connectivity index (χ1n) is 7.19. The van der Waals surface area contributed by atoms with Gasteiger partial charge in [0.25, 0.3) is 0 Å². The van der Waals surface area contributed by atoms with E-state index in [0.29, 0.717) is 5.92 Å². The third kappa shape index (κ3) is 1.81. The Labute approximate surface area is 105 Å². The first-order chi connectivity index (χ1) is 8.01. The highest BCUT2D eigenvalue weighted by atomic mass is 16.5. The number of rotatable bonds is 1. The monoisotopic (exact) mass is 235 g/mol. The first kappa shape index (κ1) is 11.6. The molecule has 0 spiro atoms. The van der Waals surface area contributed by atoms with Crippen molar-refractivity contribution in [3.8, 4) is 0 Å². The zero-order valence-corrected chi connectivity index (χ0v) is 11.5. The van der Waals surface area contributed by atoms with Crippen LogP contribution < -0.4 is 0 Å². The zero-order valence-electron chi connectivity index (χ0n) is 11.5. The van der Waals surface area contributed by atoms with Crippen LogP contribution in [0.3, 0.4) is 0 Å². The van der Waals surface area contributed by atoms with Crippen LogP contribution in [-0.2, 0) is 4.74 Å². The van der Waals surface area contributed by atoms with Gasteiger partial charge in [-0.05, 0) is 52.9 Å². The smallest absolute Gasteiger partial charge is 0.105 e. The summed E-state index contributed by atoms with van der Waals surface area (Å²) >= 11 is 0. The molecule has 3 heterocycles. The standard InChI is InChI=1S/C15H25NO/c1-14(2)12-7-8-15(3,17-14)13(11-12)16-9-5-4-6-10-16/h11-12H,4-10H2,1-3H3/t12-,15-/m0/s1. The molecule has 0 unspecified atom stereocenters. The highest BCUT2D eigenvalue weighted by Crippen LogP contribution is 2.50. The fourth-order valence-corrected chi connectivity index (χ4v) is 3.89. The lowest BCUT2D eigenvalue weighted by molar-refractivity contribution is -0.188. The van der Waals surface area contributed by atoms with Crippen LogP contribution >= 0.6 is 0 Å². The van der Waals surface area contributed by atoms with Crippen molar-refractivity contribution in [2.24, 2.45) is 5.92 Å². The summed E-state index contributed by atoms with van der Waals surface area (Å²) in [7, 11) is 0. The number of nitrogens with zero attached hydrogens (tertiary/aromatic N) is 1. The molecule has 2 fully saturated rings. The van der Waals surface area contributed by atoms with E-state index in [1.165, 1.54) is 50.9 Å². The lowest BCUT2D eigenvalue weighted by Gasteiger charge is -2.55. The molecule has 17 heavy (non-hydrogen) atoms. The van der Waals surface area contributed by atoms with Crippen molar-refractivity contribution in [1.82, 2.24) is 4.90 Å². The molecule has 2 saturated heterocycles. The van der Waals surface area contributed by atoms with Gasteiger partial charge in [-0.1, -0.05) is 6.08 Å². The van der Waals surface area contributed by atoms with Gasteiger partial charge in [-0.2, -0.15) is 0 Å². The highest BCUT2D eigenvalue weighted by Gasteiger charge is 2.50. The lowest BCUT2D eigenvalue weighted by Crippen LogP contribution is -2.57. The average molecular weight is 235 g/mol. The topological polar surface area (TPSA) is 12.5 Å². The molecule has 96 valence electrons. The average Bonchev–Trinajstić information content (AvgIpc) is 2.28. The Morgan fingerprint density at radius 1 is 1.18 bits per heavy atom. The van der Waals surface area contributed by atoms with Gasteiger partial charge in [0.05, 0.1) is 5.60 Å². The minimum atomic E-state index is -0.0183. The SMILES string of the molecule is CC1(C)O[C@@]2(C)CC[C@H]1C=C2N1CCCCC1. The van der Waals surface area contributed by atoms with Crippen molar-refractivity contribution in [2.75, 3.05) is 13.1 Å². The van der Waals surface area contributed by atoms with Gasteiger partial charge in [0.15, 0.2) is 0 Å². The predicted molar refractivity (Wildman–Crippen MR) is 69.8 cm³/mol. The Morgan fingerprint density at radius 3 is 2.47 bits per heavy atom. The number of hydrogen-bond donors (Lipinski definition) is 0. The van der Waals surface area contributed by atoms with E-state index >= 15 is 0 Å². The quantitative estimate of drug-likeness (QED) is 0.691. The maximum absolute atomic E-state index is 6.42. The fraction of sp³-hybridized carbons (Fsp3) is 0.867. The Bertz CT molecular complexity index is 341. The molecule has 0 radical (unpaired) electrons. The van der Waals surface area contributed by atoms with Gasteiger partial charge in [-0.15, -0.1) is 0 Å². The number of ether oxygens (including phenoxy) is 1. The molecule has 4 rings (SSSR count). The molecule has 2 bridgehead atoms. The van der Waals surface area contributed by atoms with Gasteiger partial charge in [-0.3, -0.25) is 0 Å². The molecule has 2 heteroatoms. The summed E-state index contributed by atoms with van der Waals surface area (Å²) < 4.78 is 6.42. The molecule has 0 aromatic heterocycles. The van der Waals surface area contributed by atoms with E-state index in [-0.39, 0.29) is 11.2 Å². The summed E-state index contributed by atoms with van der Waals surface area (Å²) in [6.07, 6.45) is 9.11. The van der Waals surface area contributed by atoms with Crippen LogP contribution in [0.1, 0.15) is 52.9 Å². The summed E-state index contributed by atoms with van der Waals surface area (Å²) in [4.78, 5) is 2.59. The van der Waals surface area contributed by atoms with E-state index in [9.17, 15) is 0 Å². The van der Waals surface area contributed by atoms with Crippen molar-refractivity contribution in [3.63, 3.8) is 0 Å². The van der Waals surface area contributed by atoms with E-state index in [2.05, 4.69) is 31.7 Å². The Balaban J connectivity index is 1.90. The first-order valence-corrected chi connectivity index (χ1v) is 7.19. The van der Waals surface area contributed by atoms with Crippen LogP contribution in [0.25, 0.3) is 0 Å². The fourth-order valence-electron chi connectivity index (χ4n) is 3.89. The Hall–Kier alpha value is -0.500. The van der Waals surface area contributed by atoms with E-state index in [1.807, 2.05) is 0 Å². The lowest BCUT2D eigenvalue weighted by atomic mass is 9.71. The minimum absolute atomic E-state index is 0.0183. The summed E-state index contributed by atoms with van der Waals surface area (Å²) in [5.41, 5.74) is 1.51. The summed E-state index contributed by atoms with van der Waals surface area (Å²) in [5.74, 6) is 0.612. The second kappa shape index (κ2) is 3.74. The summed E-state index contributed by atoms with van der Waals surface area (Å²) in [6, 6.07) is 0. The zero-order chi connectivity index (χ0) is 12.1. The highest BCUT2D eigenvalue weighted by molar-refractivity contribution is 5.26. The molecule has 2 nitrogen and oxygen atoms in total. The van der Waals surface area contributed by atoms with Crippen LogP contribution in [-0.4, -0.2) is 29.2 Å². The normalized spacial score (nSPS) is 40.3. The van der Waals surface area contributed by atoms with Gasteiger partial charge in [-0.25, -0.2) is 0 Å². The molecular formula is C15H25NO. The molecule has 0 saturated carbocycles. The van der Waals surface area contributed by atoms with Gasteiger partial charge in [0.1, 0.15) is 5.60 Å². The molecular weight excluding hydrogens is 210 g/mol. The minimum Gasteiger partial charge on any atom is -0.373 e. The second-order valence-corrected chi connectivity index (χ2v) is 6.68. The van der Waals surface area contributed by atoms with E-state index in [1.54, 1.807) is 0 Å². The Kier molecular flexibility index (Phi) is 2.55. The molecule has 2 atom stereocenters. The van der Waals surface area contributed by atoms with Crippen molar-refractivity contribution in [2.45, 2.75) is 64.1 Å². The van der Waals surface area contributed by atoms with E-state index in [0.717, 1.165) is 0 Å². The Morgan fingerprint density at radius 2 is 1.88 bits per heavy atom. The largest absolute Gasteiger partial charge is 0.373 e. The van der Waals surface area contributed by atoms with Crippen LogP contribution in [0.2, 0.25) is 0 Å². The molecule has 4 aliphatic rings. The number of fused-ring (bicyclic) bond motifs is 2. The van der Waals surface area contributed by atoms with Crippen molar-refractivity contribution >= 4 is 0 Å². The second-order valence-electron chi connectivity index (χ2n) is 6.68.